The minimum Gasteiger partial charge on any atom is -0.394 e. The van der Waals surface area contributed by atoms with Gasteiger partial charge in [-0.3, -0.25) is 0 Å². The quantitative estimate of drug-likeness (QED) is 0.625. The van der Waals surface area contributed by atoms with E-state index in [9.17, 15) is 10.2 Å². The fourth-order valence-electron chi connectivity index (χ4n) is 1.85. The number of rotatable bonds is 5. The summed E-state index contributed by atoms with van der Waals surface area (Å²) in [5.41, 5.74) is 0. The highest BCUT2D eigenvalue weighted by Crippen LogP contribution is 2.23. The van der Waals surface area contributed by atoms with Gasteiger partial charge >= 0.3 is 0 Å². The maximum atomic E-state index is 9.59. The standard InChI is InChI=1S/C11H22O5/c1-3-7(4-2)15-10-5-8(13)11(14)9(6-12)16-10/h7-14H,3-6H2,1-2H3/t8-,9-,10+,11-/m1/s1. The Kier molecular flexibility index (Phi) is 5.64. The van der Waals surface area contributed by atoms with Gasteiger partial charge < -0.3 is 24.8 Å². The lowest BCUT2D eigenvalue weighted by atomic mass is 10.0. The van der Waals surface area contributed by atoms with Gasteiger partial charge in [0.1, 0.15) is 12.2 Å². The Morgan fingerprint density at radius 1 is 1.31 bits per heavy atom. The summed E-state index contributed by atoms with van der Waals surface area (Å²) in [4.78, 5) is 0. The van der Waals surface area contributed by atoms with E-state index in [-0.39, 0.29) is 19.1 Å². The zero-order chi connectivity index (χ0) is 12.1. The van der Waals surface area contributed by atoms with E-state index in [1.807, 2.05) is 13.8 Å². The molecule has 0 saturated carbocycles. The Morgan fingerprint density at radius 3 is 2.44 bits per heavy atom. The first-order valence-electron chi connectivity index (χ1n) is 5.90. The molecular formula is C11H22O5. The van der Waals surface area contributed by atoms with Crippen LogP contribution < -0.4 is 0 Å². The van der Waals surface area contributed by atoms with E-state index in [2.05, 4.69) is 0 Å². The van der Waals surface area contributed by atoms with Crippen molar-refractivity contribution < 1.29 is 24.8 Å². The van der Waals surface area contributed by atoms with Crippen LogP contribution in [0.5, 0.6) is 0 Å². The molecule has 96 valence electrons. The van der Waals surface area contributed by atoms with E-state index in [0.29, 0.717) is 0 Å². The molecule has 1 rings (SSSR count). The molecular weight excluding hydrogens is 212 g/mol. The van der Waals surface area contributed by atoms with Gasteiger partial charge in [0.25, 0.3) is 0 Å². The fraction of sp³-hybridized carbons (Fsp3) is 1.00. The summed E-state index contributed by atoms with van der Waals surface area (Å²) in [6.45, 7) is 3.72. The van der Waals surface area contributed by atoms with Gasteiger partial charge in [0, 0.05) is 6.42 Å². The second-order valence-electron chi connectivity index (χ2n) is 4.15. The number of hydrogen-bond donors (Lipinski definition) is 3. The third kappa shape index (κ3) is 3.40. The Hall–Kier alpha value is -0.200. The van der Waals surface area contributed by atoms with Crippen molar-refractivity contribution in [1.82, 2.24) is 0 Å². The number of aliphatic hydroxyl groups excluding tert-OH is 3. The van der Waals surface area contributed by atoms with Crippen LogP contribution in [-0.4, -0.2) is 52.6 Å². The van der Waals surface area contributed by atoms with Crippen molar-refractivity contribution in [1.29, 1.82) is 0 Å². The largest absolute Gasteiger partial charge is 0.394 e. The minimum atomic E-state index is -1.04. The van der Waals surface area contributed by atoms with E-state index >= 15 is 0 Å². The van der Waals surface area contributed by atoms with Gasteiger partial charge in [-0.2, -0.15) is 0 Å². The van der Waals surface area contributed by atoms with Crippen LogP contribution in [0.15, 0.2) is 0 Å². The molecule has 1 aliphatic rings. The molecule has 5 heteroatoms. The topological polar surface area (TPSA) is 79.2 Å². The number of hydrogen-bond acceptors (Lipinski definition) is 5. The van der Waals surface area contributed by atoms with E-state index in [1.54, 1.807) is 0 Å². The number of ether oxygens (including phenoxy) is 2. The summed E-state index contributed by atoms with van der Waals surface area (Å²) in [6.07, 6.45) is -1.15. The molecule has 0 amide bonds. The zero-order valence-electron chi connectivity index (χ0n) is 9.87. The molecule has 0 aromatic carbocycles. The maximum absolute atomic E-state index is 9.59. The predicted molar refractivity (Wildman–Crippen MR) is 57.8 cm³/mol. The Morgan fingerprint density at radius 2 is 1.94 bits per heavy atom. The van der Waals surface area contributed by atoms with Crippen molar-refractivity contribution >= 4 is 0 Å². The first-order valence-corrected chi connectivity index (χ1v) is 5.90. The van der Waals surface area contributed by atoms with E-state index in [1.165, 1.54) is 0 Å². The lowest BCUT2D eigenvalue weighted by Gasteiger charge is -2.37. The second kappa shape index (κ2) is 6.51. The smallest absolute Gasteiger partial charge is 0.161 e. The molecule has 1 fully saturated rings. The molecule has 0 aromatic heterocycles. The van der Waals surface area contributed by atoms with Gasteiger partial charge in [-0.1, -0.05) is 13.8 Å². The molecule has 16 heavy (non-hydrogen) atoms. The van der Waals surface area contributed by atoms with Crippen molar-refractivity contribution in [3.63, 3.8) is 0 Å². The van der Waals surface area contributed by atoms with Gasteiger partial charge in [-0.15, -0.1) is 0 Å². The molecule has 0 bridgehead atoms. The average Bonchev–Trinajstić information content (AvgIpc) is 2.30. The lowest BCUT2D eigenvalue weighted by Crippen LogP contribution is -2.51. The molecule has 5 nitrogen and oxygen atoms in total. The molecule has 4 atom stereocenters. The summed E-state index contributed by atoms with van der Waals surface area (Å²) in [5, 5.41) is 28.1. The molecule has 0 unspecified atom stereocenters. The van der Waals surface area contributed by atoms with Crippen LogP contribution in [0.3, 0.4) is 0 Å². The Bertz CT molecular complexity index is 193. The van der Waals surface area contributed by atoms with Crippen LogP contribution >= 0.6 is 0 Å². The highest BCUT2D eigenvalue weighted by molar-refractivity contribution is 4.82. The second-order valence-corrected chi connectivity index (χ2v) is 4.15. The van der Waals surface area contributed by atoms with Crippen molar-refractivity contribution in [2.24, 2.45) is 0 Å². The fourth-order valence-corrected chi connectivity index (χ4v) is 1.85. The first-order chi connectivity index (χ1) is 7.62. The molecule has 0 spiro atoms. The van der Waals surface area contributed by atoms with Gasteiger partial charge in [-0.25, -0.2) is 0 Å². The normalized spacial score (nSPS) is 35.6. The van der Waals surface area contributed by atoms with Crippen LogP contribution in [0.2, 0.25) is 0 Å². The first kappa shape index (κ1) is 13.9. The number of aliphatic hydroxyl groups is 3. The molecule has 1 aliphatic heterocycles. The van der Waals surface area contributed by atoms with Crippen LogP contribution in [0.1, 0.15) is 33.1 Å². The molecule has 3 N–H and O–H groups in total. The van der Waals surface area contributed by atoms with E-state index in [0.717, 1.165) is 12.8 Å². The van der Waals surface area contributed by atoms with Crippen LogP contribution in [-0.2, 0) is 9.47 Å². The van der Waals surface area contributed by atoms with Gasteiger partial charge in [0.2, 0.25) is 0 Å². The predicted octanol–water partition coefficient (Wildman–Crippen LogP) is 0.0207. The Balaban J connectivity index is 2.49. The Labute approximate surface area is 96.0 Å². The van der Waals surface area contributed by atoms with Crippen LogP contribution in [0.4, 0.5) is 0 Å². The SMILES string of the molecule is CCC(CC)O[C@@H]1C[C@@H](O)[C@@H](O)[C@@H](CO)O1. The molecule has 1 heterocycles. The third-order valence-electron chi connectivity index (χ3n) is 2.97. The highest BCUT2D eigenvalue weighted by Gasteiger charge is 2.37. The summed E-state index contributed by atoms with van der Waals surface area (Å²) < 4.78 is 11.0. The molecule has 1 saturated heterocycles. The third-order valence-corrected chi connectivity index (χ3v) is 2.97. The highest BCUT2D eigenvalue weighted by atomic mass is 16.7. The molecule has 0 aromatic rings. The van der Waals surface area contributed by atoms with Gasteiger partial charge in [0.05, 0.1) is 18.8 Å². The van der Waals surface area contributed by atoms with Crippen LogP contribution in [0.25, 0.3) is 0 Å². The van der Waals surface area contributed by atoms with Crippen molar-refractivity contribution in [3.05, 3.63) is 0 Å². The molecule has 0 aliphatic carbocycles. The van der Waals surface area contributed by atoms with Crippen molar-refractivity contribution in [3.8, 4) is 0 Å². The summed E-state index contributed by atoms with van der Waals surface area (Å²) >= 11 is 0. The zero-order valence-corrected chi connectivity index (χ0v) is 9.87. The van der Waals surface area contributed by atoms with Gasteiger partial charge in [-0.05, 0) is 12.8 Å². The summed E-state index contributed by atoms with van der Waals surface area (Å²) in [7, 11) is 0. The van der Waals surface area contributed by atoms with E-state index < -0.39 is 24.6 Å². The average molecular weight is 234 g/mol. The summed E-state index contributed by atoms with van der Waals surface area (Å²) in [5.74, 6) is 0. The summed E-state index contributed by atoms with van der Waals surface area (Å²) in [6, 6.07) is 0. The lowest BCUT2D eigenvalue weighted by molar-refractivity contribution is -0.269. The van der Waals surface area contributed by atoms with Gasteiger partial charge in [0.15, 0.2) is 6.29 Å². The van der Waals surface area contributed by atoms with Crippen molar-refractivity contribution in [2.45, 2.75) is 63.8 Å². The van der Waals surface area contributed by atoms with Crippen LogP contribution in [0, 0.1) is 0 Å². The maximum Gasteiger partial charge on any atom is 0.161 e. The minimum absolute atomic E-state index is 0.0896. The van der Waals surface area contributed by atoms with E-state index in [4.69, 9.17) is 14.6 Å². The monoisotopic (exact) mass is 234 g/mol. The molecule has 0 radical (unpaired) electrons. The van der Waals surface area contributed by atoms with Crippen molar-refractivity contribution in [2.75, 3.05) is 6.61 Å².